The molecular formula is C21H20O5. The Kier molecular flexibility index (Phi) is 9.70. The first-order chi connectivity index (χ1) is 12.6. The van der Waals surface area contributed by atoms with Crippen LogP contribution in [0.3, 0.4) is 0 Å². The lowest BCUT2D eigenvalue weighted by Crippen LogP contribution is -1.95. The van der Waals surface area contributed by atoms with Crippen molar-refractivity contribution in [2.45, 2.75) is 13.8 Å². The molecule has 26 heavy (non-hydrogen) atoms. The van der Waals surface area contributed by atoms with Crippen molar-refractivity contribution in [2.24, 2.45) is 0 Å². The summed E-state index contributed by atoms with van der Waals surface area (Å²) < 4.78 is 0. The molecule has 0 saturated carbocycles. The van der Waals surface area contributed by atoms with Crippen LogP contribution in [0.25, 0.3) is 12.2 Å². The van der Waals surface area contributed by atoms with E-state index in [1.54, 1.807) is 30.4 Å². The molecule has 0 unspecified atom stereocenters. The van der Waals surface area contributed by atoms with Crippen molar-refractivity contribution >= 4 is 24.1 Å². The monoisotopic (exact) mass is 352 g/mol. The quantitative estimate of drug-likeness (QED) is 0.427. The normalized spacial score (nSPS) is 10.2. The lowest BCUT2D eigenvalue weighted by Gasteiger charge is -2.02. The summed E-state index contributed by atoms with van der Waals surface area (Å²) in [5.41, 5.74) is 3.13. The number of carbonyl (C=O) groups is 1. The summed E-state index contributed by atoms with van der Waals surface area (Å²) in [4.78, 5) is 38.0. The van der Waals surface area contributed by atoms with E-state index in [2.05, 4.69) is 0 Å². The van der Waals surface area contributed by atoms with Gasteiger partial charge in [0.05, 0.1) is 6.61 Å². The van der Waals surface area contributed by atoms with Crippen LogP contribution >= 0.6 is 0 Å². The highest BCUT2D eigenvalue weighted by atomic mass is 17.2. The molecule has 2 aromatic carbocycles. The van der Waals surface area contributed by atoms with Crippen LogP contribution in [0.5, 0.6) is 5.75 Å². The Bertz CT molecular complexity index is 765. The molecule has 0 fully saturated rings. The molecule has 0 radical (unpaired) electrons. The standard InChI is InChI=1S/C20H20O3.CO2/c1-3-22-23-20-14-10-18(11-15-20)9-13-19(21)12-8-17-6-4-16(2)5-7-17;2-1-3/h4-15H,3H2,1-2H3;/b12-8+,13-9+;. The molecule has 134 valence electrons. The van der Waals surface area contributed by atoms with Crippen LogP contribution in [0.15, 0.2) is 60.7 Å². The fourth-order valence-corrected chi connectivity index (χ4v) is 1.85. The molecule has 0 atom stereocenters. The van der Waals surface area contributed by atoms with Gasteiger partial charge in [0.1, 0.15) is 0 Å². The minimum absolute atomic E-state index is 0.0554. The van der Waals surface area contributed by atoms with Crippen LogP contribution in [0, 0.1) is 6.92 Å². The molecule has 5 nitrogen and oxygen atoms in total. The van der Waals surface area contributed by atoms with E-state index in [0.717, 1.165) is 11.1 Å². The van der Waals surface area contributed by atoms with E-state index in [-0.39, 0.29) is 11.9 Å². The third kappa shape index (κ3) is 8.55. The maximum absolute atomic E-state index is 11.8. The highest BCUT2D eigenvalue weighted by molar-refractivity contribution is 6.04. The first kappa shape index (κ1) is 20.8. The van der Waals surface area contributed by atoms with Gasteiger partial charge in [0.2, 0.25) is 0 Å². The predicted molar refractivity (Wildman–Crippen MR) is 98.0 cm³/mol. The fraction of sp³-hybridized carbons (Fsp3) is 0.143. The fourth-order valence-electron chi connectivity index (χ4n) is 1.85. The van der Waals surface area contributed by atoms with Gasteiger partial charge in [-0.05, 0) is 49.3 Å². The van der Waals surface area contributed by atoms with Gasteiger partial charge in [-0.15, -0.1) is 0 Å². The van der Waals surface area contributed by atoms with Gasteiger partial charge in [0.15, 0.2) is 11.5 Å². The van der Waals surface area contributed by atoms with Crippen LogP contribution in [-0.4, -0.2) is 18.5 Å². The summed E-state index contributed by atoms with van der Waals surface area (Å²) in [6, 6.07) is 15.3. The van der Waals surface area contributed by atoms with Crippen molar-refractivity contribution in [2.75, 3.05) is 6.61 Å². The van der Waals surface area contributed by atoms with Crippen molar-refractivity contribution < 1.29 is 24.2 Å². The minimum atomic E-state index is -0.0554. The molecule has 0 spiro atoms. The highest BCUT2D eigenvalue weighted by Gasteiger charge is 1.95. The van der Waals surface area contributed by atoms with Crippen molar-refractivity contribution in [3.8, 4) is 5.75 Å². The summed E-state index contributed by atoms with van der Waals surface area (Å²) in [7, 11) is 0. The summed E-state index contributed by atoms with van der Waals surface area (Å²) in [6.07, 6.45) is 6.94. The molecule has 2 rings (SSSR count). The Morgan fingerprint density at radius 1 is 0.923 bits per heavy atom. The van der Waals surface area contributed by atoms with Crippen molar-refractivity contribution in [1.82, 2.24) is 0 Å². The van der Waals surface area contributed by atoms with E-state index in [9.17, 15) is 4.79 Å². The Hall–Kier alpha value is -3.27. The zero-order chi connectivity index (χ0) is 19.2. The molecule has 0 aliphatic heterocycles. The average molecular weight is 352 g/mol. The molecule has 0 amide bonds. The minimum Gasteiger partial charge on any atom is -0.338 e. The number of hydrogen-bond acceptors (Lipinski definition) is 5. The molecule has 5 heteroatoms. The number of benzene rings is 2. The maximum Gasteiger partial charge on any atom is 0.373 e. The second-order valence-corrected chi connectivity index (χ2v) is 5.12. The number of ketones is 1. The number of carbonyl (C=O) groups excluding carboxylic acids is 3. The van der Waals surface area contributed by atoms with Gasteiger partial charge in [-0.3, -0.25) is 4.79 Å². The molecule has 2 aromatic rings. The number of rotatable bonds is 7. The van der Waals surface area contributed by atoms with Crippen LogP contribution in [0.1, 0.15) is 23.6 Å². The van der Waals surface area contributed by atoms with E-state index in [0.29, 0.717) is 12.4 Å². The number of aryl methyl sites for hydroxylation is 1. The maximum atomic E-state index is 11.8. The Labute approximate surface area is 152 Å². The Morgan fingerprint density at radius 3 is 1.85 bits per heavy atom. The molecule has 0 saturated heterocycles. The van der Waals surface area contributed by atoms with Crippen molar-refractivity contribution in [3.05, 3.63) is 77.4 Å². The lowest BCUT2D eigenvalue weighted by atomic mass is 10.1. The van der Waals surface area contributed by atoms with E-state index < -0.39 is 0 Å². The summed E-state index contributed by atoms with van der Waals surface area (Å²) in [5.74, 6) is 0.579. The second kappa shape index (κ2) is 12.1. The van der Waals surface area contributed by atoms with Gasteiger partial charge >= 0.3 is 6.15 Å². The van der Waals surface area contributed by atoms with E-state index >= 15 is 0 Å². The molecule has 0 aliphatic carbocycles. The van der Waals surface area contributed by atoms with E-state index in [1.165, 1.54) is 5.56 Å². The second-order valence-electron chi connectivity index (χ2n) is 5.12. The summed E-state index contributed by atoms with van der Waals surface area (Å²) >= 11 is 0. The van der Waals surface area contributed by atoms with Gasteiger partial charge in [-0.25, -0.2) is 0 Å². The van der Waals surface area contributed by atoms with Crippen LogP contribution in [-0.2, 0) is 19.3 Å². The summed E-state index contributed by atoms with van der Waals surface area (Å²) in [5, 5.41) is 0. The molecule has 0 heterocycles. The summed E-state index contributed by atoms with van der Waals surface area (Å²) in [6.45, 7) is 4.38. The number of allylic oxidation sites excluding steroid dienone is 2. The smallest absolute Gasteiger partial charge is 0.338 e. The predicted octanol–water partition coefficient (Wildman–Crippen LogP) is 4.04. The van der Waals surface area contributed by atoms with Crippen LogP contribution < -0.4 is 4.89 Å². The van der Waals surface area contributed by atoms with Crippen LogP contribution in [0.4, 0.5) is 0 Å². The van der Waals surface area contributed by atoms with Gasteiger partial charge in [0, 0.05) is 0 Å². The van der Waals surface area contributed by atoms with Gasteiger partial charge < -0.3 is 4.89 Å². The SMILES string of the molecule is CCOOc1ccc(/C=C/C(=O)/C=C/c2ccc(C)cc2)cc1.O=C=O. The molecule has 0 bridgehead atoms. The zero-order valence-corrected chi connectivity index (χ0v) is 14.7. The number of hydrogen-bond donors (Lipinski definition) is 0. The first-order valence-corrected chi connectivity index (χ1v) is 7.94. The third-order valence-electron chi connectivity index (χ3n) is 3.11. The van der Waals surface area contributed by atoms with Crippen LogP contribution in [0.2, 0.25) is 0 Å². The topological polar surface area (TPSA) is 69.7 Å². The van der Waals surface area contributed by atoms with Gasteiger partial charge in [0.25, 0.3) is 0 Å². The first-order valence-electron chi connectivity index (χ1n) is 7.94. The largest absolute Gasteiger partial charge is 0.373 e. The van der Waals surface area contributed by atoms with E-state index in [1.807, 2.05) is 56.3 Å². The van der Waals surface area contributed by atoms with Gasteiger partial charge in [-0.2, -0.15) is 14.5 Å². The third-order valence-corrected chi connectivity index (χ3v) is 3.11. The zero-order valence-electron chi connectivity index (χ0n) is 14.7. The molecule has 0 aliphatic rings. The Balaban J connectivity index is 0.00000105. The lowest BCUT2D eigenvalue weighted by molar-refractivity contribution is -0.202. The highest BCUT2D eigenvalue weighted by Crippen LogP contribution is 2.13. The van der Waals surface area contributed by atoms with Gasteiger partial charge in [-0.1, -0.05) is 54.1 Å². The average Bonchev–Trinajstić information content (AvgIpc) is 2.65. The Morgan fingerprint density at radius 2 is 1.38 bits per heavy atom. The van der Waals surface area contributed by atoms with Crippen molar-refractivity contribution in [3.63, 3.8) is 0 Å². The molecule has 0 aromatic heterocycles. The molecular weight excluding hydrogens is 332 g/mol. The molecule has 0 N–H and O–H groups in total. The van der Waals surface area contributed by atoms with E-state index in [4.69, 9.17) is 19.4 Å². The van der Waals surface area contributed by atoms with Crippen molar-refractivity contribution in [1.29, 1.82) is 0 Å².